The monoisotopic (exact) mass is 573 g/mol. The molecule has 0 fully saturated rings. The van der Waals surface area contributed by atoms with Crippen molar-refractivity contribution in [2.75, 3.05) is 18.2 Å². The summed E-state index contributed by atoms with van der Waals surface area (Å²) in [5.41, 5.74) is 5.93. The second-order valence-electron chi connectivity index (χ2n) is 8.59. The number of thiophene rings is 1. The van der Waals surface area contributed by atoms with Gasteiger partial charge in [-0.2, -0.15) is 0 Å². The van der Waals surface area contributed by atoms with E-state index in [2.05, 4.69) is 22.1 Å². The quantitative estimate of drug-likeness (QED) is 0.173. The summed E-state index contributed by atoms with van der Waals surface area (Å²) in [4.78, 5) is 37.6. The van der Waals surface area contributed by atoms with Crippen LogP contribution in [-0.4, -0.2) is 51.5 Å². The topological polar surface area (TPSA) is 148 Å². The van der Waals surface area contributed by atoms with Gasteiger partial charge in [0.15, 0.2) is 17.1 Å². The molecule has 0 aliphatic heterocycles. The number of thioether (sulfide) groups is 1. The van der Waals surface area contributed by atoms with Crippen molar-refractivity contribution in [2.24, 2.45) is 5.73 Å². The molecule has 1 atom stereocenters. The predicted molar refractivity (Wildman–Crippen MR) is 150 cm³/mol. The van der Waals surface area contributed by atoms with Crippen molar-refractivity contribution in [3.8, 4) is 11.5 Å². The first-order valence-corrected chi connectivity index (χ1v) is 13.8. The van der Waals surface area contributed by atoms with E-state index in [0.29, 0.717) is 34.6 Å². The van der Waals surface area contributed by atoms with Crippen molar-refractivity contribution < 1.29 is 28.6 Å². The number of anilines is 1. The minimum absolute atomic E-state index is 0.0372. The van der Waals surface area contributed by atoms with Crippen LogP contribution in [0.15, 0.2) is 42.1 Å². The van der Waals surface area contributed by atoms with Gasteiger partial charge < -0.3 is 25.3 Å². The van der Waals surface area contributed by atoms with Gasteiger partial charge in [0.2, 0.25) is 5.91 Å². The molecule has 2 aromatic heterocycles. The lowest BCUT2D eigenvalue weighted by Crippen LogP contribution is -2.18. The Morgan fingerprint density at radius 1 is 1.18 bits per heavy atom. The van der Waals surface area contributed by atoms with Crippen LogP contribution in [-0.2, 0) is 16.1 Å². The van der Waals surface area contributed by atoms with Crippen LogP contribution in [0.2, 0.25) is 0 Å². The summed E-state index contributed by atoms with van der Waals surface area (Å²) >= 11 is 2.09. The Kier molecular flexibility index (Phi) is 10.1. The third kappa shape index (κ3) is 7.39. The maximum Gasteiger partial charge on any atom is 0.341 e. The van der Waals surface area contributed by atoms with Crippen LogP contribution in [0.1, 0.15) is 58.3 Å². The average Bonchev–Trinajstić information content (AvgIpc) is 3.43. The van der Waals surface area contributed by atoms with Crippen molar-refractivity contribution in [3.63, 3.8) is 0 Å². The number of methoxy groups -OCH3 is 1. The molecule has 3 N–H and O–H groups in total. The van der Waals surface area contributed by atoms with Crippen molar-refractivity contribution in [2.45, 2.75) is 51.6 Å². The molecule has 1 unspecified atom stereocenters. The highest BCUT2D eigenvalue weighted by atomic mass is 32.2. The number of benzene rings is 1. The van der Waals surface area contributed by atoms with Crippen LogP contribution >= 0.6 is 23.1 Å². The fraction of sp³-hybridized carbons (Fsp3) is 0.346. The summed E-state index contributed by atoms with van der Waals surface area (Å²) in [6.07, 6.45) is 0.878. The van der Waals surface area contributed by atoms with Crippen molar-refractivity contribution in [3.05, 3.63) is 58.7 Å². The lowest BCUT2D eigenvalue weighted by atomic mass is 10.1. The largest absolute Gasteiger partial charge is 0.497 e. The van der Waals surface area contributed by atoms with Crippen molar-refractivity contribution in [1.82, 2.24) is 14.8 Å². The van der Waals surface area contributed by atoms with E-state index in [1.807, 2.05) is 11.5 Å². The van der Waals surface area contributed by atoms with E-state index in [-0.39, 0.29) is 27.3 Å². The summed E-state index contributed by atoms with van der Waals surface area (Å²) < 4.78 is 18.3. The number of rotatable bonds is 13. The highest BCUT2D eigenvalue weighted by Crippen LogP contribution is 2.34. The maximum atomic E-state index is 12.9. The summed E-state index contributed by atoms with van der Waals surface area (Å²) in [6, 6.07) is 7.19. The third-order valence-corrected chi connectivity index (χ3v) is 7.48. The number of carbonyl (C=O) groups excluding carboxylic acids is 3. The van der Waals surface area contributed by atoms with Crippen LogP contribution < -0.4 is 20.5 Å². The molecule has 2 heterocycles. The first kappa shape index (κ1) is 29.7. The Morgan fingerprint density at radius 3 is 2.44 bits per heavy atom. The predicted octanol–water partition coefficient (Wildman–Crippen LogP) is 4.38. The molecule has 1 aromatic carbocycles. The van der Waals surface area contributed by atoms with Gasteiger partial charge in [-0.25, -0.2) is 4.79 Å². The van der Waals surface area contributed by atoms with Gasteiger partial charge in [0.05, 0.1) is 29.4 Å². The van der Waals surface area contributed by atoms with Crippen molar-refractivity contribution in [1.29, 1.82) is 0 Å². The molecule has 208 valence electrons. The molecule has 0 aliphatic rings. The number of amides is 2. The molecule has 13 heteroatoms. The number of esters is 1. The van der Waals surface area contributed by atoms with E-state index >= 15 is 0 Å². The summed E-state index contributed by atoms with van der Waals surface area (Å²) in [5.74, 6) is 0.135. The molecule has 0 saturated heterocycles. The summed E-state index contributed by atoms with van der Waals surface area (Å²) in [6.45, 7) is 11.1. The zero-order valence-corrected chi connectivity index (χ0v) is 24.0. The number of ether oxygens (including phenoxy) is 3. The summed E-state index contributed by atoms with van der Waals surface area (Å²) in [5, 5.41) is 11.9. The first-order chi connectivity index (χ1) is 18.5. The number of allylic oxidation sites excluding steroid dienone is 1. The minimum Gasteiger partial charge on any atom is -0.497 e. The smallest absolute Gasteiger partial charge is 0.341 e. The van der Waals surface area contributed by atoms with Crippen molar-refractivity contribution >= 4 is 45.9 Å². The zero-order valence-electron chi connectivity index (χ0n) is 22.3. The Hall–Kier alpha value is -3.84. The molecule has 11 nitrogen and oxygen atoms in total. The Labute approximate surface area is 234 Å². The molecule has 39 heavy (non-hydrogen) atoms. The molecule has 3 rings (SSSR count). The van der Waals surface area contributed by atoms with Gasteiger partial charge in [0.25, 0.3) is 5.91 Å². The van der Waals surface area contributed by atoms with E-state index in [0.717, 1.165) is 23.1 Å². The SMILES string of the molecule is C=CCn1c(SCC(=O)Nc2sc(C(N)=O)c(C)c2C(=O)OC(C)C)nnc1C(C)Oc1ccc(OC)cc1. The van der Waals surface area contributed by atoms with E-state index in [1.54, 1.807) is 58.2 Å². The highest BCUT2D eigenvalue weighted by molar-refractivity contribution is 7.99. The second kappa shape index (κ2) is 13.3. The molecule has 0 bridgehead atoms. The van der Waals surface area contributed by atoms with Gasteiger partial charge in [0, 0.05) is 6.54 Å². The van der Waals surface area contributed by atoms with Gasteiger partial charge in [-0.15, -0.1) is 28.1 Å². The number of carbonyl (C=O) groups is 3. The molecule has 0 aliphatic carbocycles. The highest BCUT2D eigenvalue weighted by Gasteiger charge is 2.27. The molecule has 0 spiro atoms. The average molecular weight is 574 g/mol. The first-order valence-electron chi connectivity index (χ1n) is 12.0. The van der Waals surface area contributed by atoms with Crippen LogP contribution in [0.4, 0.5) is 5.00 Å². The zero-order chi connectivity index (χ0) is 28.7. The number of nitrogens with zero attached hydrogens (tertiary/aromatic N) is 3. The molecule has 0 saturated carbocycles. The number of nitrogens with one attached hydrogen (secondary N) is 1. The lowest BCUT2D eigenvalue weighted by Gasteiger charge is -2.16. The number of primary amides is 1. The molecular formula is C26H31N5O6S2. The molecule has 2 amide bonds. The molecule has 0 radical (unpaired) electrons. The summed E-state index contributed by atoms with van der Waals surface area (Å²) in [7, 11) is 1.59. The second-order valence-corrected chi connectivity index (χ2v) is 10.6. The van der Waals surface area contributed by atoms with E-state index in [4.69, 9.17) is 19.9 Å². The fourth-order valence-electron chi connectivity index (χ4n) is 3.57. The van der Waals surface area contributed by atoms with Crippen LogP contribution in [0.3, 0.4) is 0 Å². The number of hydrogen-bond donors (Lipinski definition) is 2. The maximum absolute atomic E-state index is 12.9. The standard InChI is InChI=1S/C26H31N5O6S2/c1-7-12-31-23(16(5)37-18-10-8-17(35-6)9-11-18)29-30-26(31)38-13-19(32)28-24-20(25(34)36-14(2)3)15(4)21(39-24)22(27)33/h7-11,14,16H,1,12-13H2,2-6H3,(H2,27,33)(H,28,32). The van der Waals surface area contributed by atoms with Crippen LogP contribution in [0, 0.1) is 6.92 Å². The molecule has 3 aromatic rings. The van der Waals surface area contributed by atoms with Gasteiger partial charge in [0.1, 0.15) is 16.5 Å². The van der Waals surface area contributed by atoms with E-state index in [9.17, 15) is 14.4 Å². The third-order valence-electron chi connectivity index (χ3n) is 5.30. The number of hydrogen-bond acceptors (Lipinski definition) is 10. The van der Waals surface area contributed by atoms with Gasteiger partial charge in [-0.3, -0.25) is 14.2 Å². The van der Waals surface area contributed by atoms with E-state index < -0.39 is 23.9 Å². The Balaban J connectivity index is 1.74. The Morgan fingerprint density at radius 2 is 1.85 bits per heavy atom. The van der Waals surface area contributed by atoms with Gasteiger partial charge in [-0.05, 0) is 57.5 Å². The lowest BCUT2D eigenvalue weighted by molar-refractivity contribution is -0.113. The van der Waals surface area contributed by atoms with Gasteiger partial charge in [-0.1, -0.05) is 17.8 Å². The van der Waals surface area contributed by atoms with Crippen LogP contribution in [0.25, 0.3) is 0 Å². The van der Waals surface area contributed by atoms with E-state index in [1.165, 1.54) is 0 Å². The Bertz CT molecular complexity index is 1350. The number of aromatic nitrogens is 3. The van der Waals surface area contributed by atoms with Gasteiger partial charge >= 0.3 is 5.97 Å². The normalized spacial score (nSPS) is 11.6. The molecular weight excluding hydrogens is 542 g/mol. The minimum atomic E-state index is -0.693. The van der Waals surface area contributed by atoms with Crippen LogP contribution in [0.5, 0.6) is 11.5 Å². The fourth-order valence-corrected chi connectivity index (χ4v) is 5.39. The number of nitrogens with two attached hydrogens (primary N) is 1.